The Bertz CT molecular complexity index is 492. The minimum Gasteiger partial charge on any atom is -0.341 e. The fraction of sp³-hybridized carbons (Fsp3) is 0.533. The molecule has 1 saturated heterocycles. The van der Waals surface area contributed by atoms with Crippen LogP contribution < -0.4 is 5.32 Å². The van der Waals surface area contributed by atoms with Gasteiger partial charge in [-0.1, -0.05) is 6.07 Å². The average Bonchev–Trinajstić information content (AvgIpc) is 2.74. The Hall–Kier alpha value is -2.11. The normalized spacial score (nSPS) is 17.0. The van der Waals surface area contributed by atoms with Crippen LogP contribution in [0.2, 0.25) is 0 Å². The molecule has 1 aliphatic heterocycles. The molecule has 0 bridgehead atoms. The number of carbonyl (C=O) groups excluding carboxylic acids is 2. The number of nitrogens with zero attached hydrogens (tertiary/aromatic N) is 3. The zero-order valence-corrected chi connectivity index (χ0v) is 12.6. The van der Waals surface area contributed by atoms with Crippen LogP contribution >= 0.6 is 0 Å². The van der Waals surface area contributed by atoms with E-state index >= 15 is 0 Å². The van der Waals surface area contributed by atoms with Crippen molar-refractivity contribution in [1.82, 2.24) is 20.1 Å². The molecule has 2 rings (SSSR count). The van der Waals surface area contributed by atoms with Crippen molar-refractivity contribution in [2.24, 2.45) is 0 Å². The van der Waals surface area contributed by atoms with Crippen LogP contribution in [0.5, 0.6) is 0 Å². The van der Waals surface area contributed by atoms with Crippen LogP contribution in [0.4, 0.5) is 4.79 Å². The highest BCUT2D eigenvalue weighted by molar-refractivity contribution is 5.75. The fourth-order valence-corrected chi connectivity index (χ4v) is 2.42. The number of urea groups is 1. The first kappa shape index (κ1) is 15.3. The number of carbonyl (C=O) groups is 2. The molecule has 0 spiro atoms. The van der Waals surface area contributed by atoms with Crippen LogP contribution in [0, 0.1) is 0 Å². The van der Waals surface area contributed by atoms with E-state index in [1.807, 2.05) is 25.1 Å². The van der Waals surface area contributed by atoms with Gasteiger partial charge in [0, 0.05) is 39.3 Å². The third-order valence-electron chi connectivity index (χ3n) is 3.70. The molecule has 3 amide bonds. The van der Waals surface area contributed by atoms with Gasteiger partial charge < -0.3 is 15.1 Å². The molecule has 0 aromatic carbocycles. The van der Waals surface area contributed by atoms with Gasteiger partial charge in [0.05, 0.1) is 11.7 Å². The molecular formula is C15H22N4O2. The summed E-state index contributed by atoms with van der Waals surface area (Å²) in [5.41, 5.74) is 0.839. The van der Waals surface area contributed by atoms with E-state index in [1.54, 1.807) is 22.9 Å². The number of amides is 3. The third-order valence-corrected chi connectivity index (χ3v) is 3.70. The second kappa shape index (κ2) is 7.06. The van der Waals surface area contributed by atoms with E-state index in [-0.39, 0.29) is 18.0 Å². The smallest absolute Gasteiger partial charge is 0.317 e. The summed E-state index contributed by atoms with van der Waals surface area (Å²) in [4.78, 5) is 31.5. The van der Waals surface area contributed by atoms with E-state index in [1.165, 1.54) is 0 Å². The molecule has 114 valence electrons. The van der Waals surface area contributed by atoms with Gasteiger partial charge in [-0.2, -0.15) is 0 Å². The number of pyridine rings is 1. The monoisotopic (exact) mass is 290 g/mol. The Morgan fingerprint density at radius 2 is 1.90 bits per heavy atom. The first-order chi connectivity index (χ1) is 10.1. The second-order valence-electron chi connectivity index (χ2n) is 5.27. The van der Waals surface area contributed by atoms with Gasteiger partial charge in [-0.25, -0.2) is 4.79 Å². The molecule has 1 aromatic heterocycles. The number of nitrogens with one attached hydrogen (secondary N) is 1. The van der Waals surface area contributed by atoms with Crippen molar-refractivity contribution in [3.63, 3.8) is 0 Å². The third kappa shape index (κ3) is 4.18. The van der Waals surface area contributed by atoms with Gasteiger partial charge >= 0.3 is 6.03 Å². The summed E-state index contributed by atoms with van der Waals surface area (Å²) >= 11 is 0. The lowest BCUT2D eigenvalue weighted by Crippen LogP contribution is -2.43. The lowest BCUT2D eigenvalue weighted by atomic mass is 10.2. The second-order valence-corrected chi connectivity index (χ2v) is 5.27. The molecule has 1 aromatic rings. The summed E-state index contributed by atoms with van der Waals surface area (Å²) in [6.07, 6.45) is 2.53. The molecule has 2 heterocycles. The number of hydrogen-bond donors (Lipinski definition) is 1. The van der Waals surface area contributed by atoms with Crippen LogP contribution in [0.25, 0.3) is 0 Å². The molecule has 0 aliphatic carbocycles. The first-order valence-electron chi connectivity index (χ1n) is 7.30. The molecule has 21 heavy (non-hydrogen) atoms. The largest absolute Gasteiger partial charge is 0.341 e. The SMILES string of the molecule is CC(=O)N1CCCN(C(=O)NC(C)c2ccccn2)CC1. The van der Waals surface area contributed by atoms with Crippen LogP contribution in [-0.4, -0.2) is 52.9 Å². The number of aromatic nitrogens is 1. The van der Waals surface area contributed by atoms with Crippen molar-refractivity contribution in [3.8, 4) is 0 Å². The Balaban J connectivity index is 1.90. The van der Waals surface area contributed by atoms with Gasteiger partial charge in [-0.05, 0) is 25.5 Å². The van der Waals surface area contributed by atoms with Crippen LogP contribution in [0.15, 0.2) is 24.4 Å². The molecule has 0 radical (unpaired) electrons. The van der Waals surface area contributed by atoms with E-state index in [2.05, 4.69) is 10.3 Å². The van der Waals surface area contributed by atoms with Crippen LogP contribution in [0.1, 0.15) is 32.0 Å². The van der Waals surface area contributed by atoms with Gasteiger partial charge in [-0.3, -0.25) is 9.78 Å². The van der Waals surface area contributed by atoms with Gasteiger partial charge in [0.15, 0.2) is 0 Å². The standard InChI is InChI=1S/C15H22N4O2/c1-12(14-6-3-4-7-16-14)17-15(21)19-9-5-8-18(10-11-19)13(2)20/h3-4,6-7,12H,5,8-11H2,1-2H3,(H,17,21). The molecule has 1 aliphatic rings. The topological polar surface area (TPSA) is 65.5 Å². The maximum Gasteiger partial charge on any atom is 0.317 e. The first-order valence-corrected chi connectivity index (χ1v) is 7.30. The van der Waals surface area contributed by atoms with E-state index in [0.717, 1.165) is 18.7 Å². The predicted molar refractivity (Wildman–Crippen MR) is 79.6 cm³/mol. The highest BCUT2D eigenvalue weighted by Crippen LogP contribution is 2.10. The predicted octanol–water partition coefficient (Wildman–Crippen LogP) is 1.41. The Morgan fingerprint density at radius 3 is 2.57 bits per heavy atom. The number of rotatable bonds is 2. The lowest BCUT2D eigenvalue weighted by molar-refractivity contribution is -0.128. The zero-order valence-electron chi connectivity index (χ0n) is 12.6. The van der Waals surface area contributed by atoms with Crippen molar-refractivity contribution in [2.75, 3.05) is 26.2 Å². The molecule has 1 unspecified atom stereocenters. The Morgan fingerprint density at radius 1 is 1.19 bits per heavy atom. The van der Waals surface area contributed by atoms with Crippen LogP contribution in [-0.2, 0) is 4.79 Å². The molecule has 6 nitrogen and oxygen atoms in total. The average molecular weight is 290 g/mol. The zero-order chi connectivity index (χ0) is 15.2. The van der Waals surface area contributed by atoms with Crippen molar-refractivity contribution in [2.45, 2.75) is 26.3 Å². The molecule has 1 fully saturated rings. The van der Waals surface area contributed by atoms with Crippen molar-refractivity contribution >= 4 is 11.9 Å². The lowest BCUT2D eigenvalue weighted by Gasteiger charge is -2.24. The van der Waals surface area contributed by atoms with Gasteiger partial charge in [0.1, 0.15) is 0 Å². The summed E-state index contributed by atoms with van der Waals surface area (Å²) in [6.45, 7) is 6.04. The van der Waals surface area contributed by atoms with Crippen molar-refractivity contribution < 1.29 is 9.59 Å². The number of hydrogen-bond acceptors (Lipinski definition) is 3. The summed E-state index contributed by atoms with van der Waals surface area (Å²) in [5, 5.41) is 2.96. The van der Waals surface area contributed by atoms with Crippen molar-refractivity contribution in [3.05, 3.63) is 30.1 Å². The van der Waals surface area contributed by atoms with E-state index in [4.69, 9.17) is 0 Å². The molecule has 6 heteroatoms. The minimum absolute atomic E-state index is 0.0686. The maximum atomic E-state index is 12.3. The highest BCUT2D eigenvalue weighted by atomic mass is 16.2. The van der Waals surface area contributed by atoms with Gasteiger partial charge in [0.2, 0.25) is 5.91 Å². The molecule has 0 saturated carbocycles. The van der Waals surface area contributed by atoms with E-state index in [9.17, 15) is 9.59 Å². The fourth-order valence-electron chi connectivity index (χ4n) is 2.42. The molecular weight excluding hydrogens is 268 g/mol. The minimum atomic E-state index is -0.133. The summed E-state index contributed by atoms with van der Waals surface area (Å²) in [7, 11) is 0. The maximum absolute atomic E-state index is 12.3. The summed E-state index contributed by atoms with van der Waals surface area (Å²) in [5.74, 6) is 0.0686. The van der Waals surface area contributed by atoms with Crippen molar-refractivity contribution in [1.29, 1.82) is 0 Å². The van der Waals surface area contributed by atoms with Gasteiger partial charge in [-0.15, -0.1) is 0 Å². The van der Waals surface area contributed by atoms with E-state index in [0.29, 0.717) is 19.6 Å². The molecule has 1 N–H and O–H groups in total. The van der Waals surface area contributed by atoms with E-state index < -0.39 is 0 Å². The Labute approximate surface area is 125 Å². The van der Waals surface area contributed by atoms with Gasteiger partial charge in [0.25, 0.3) is 0 Å². The molecule has 1 atom stereocenters. The highest BCUT2D eigenvalue weighted by Gasteiger charge is 2.21. The summed E-state index contributed by atoms with van der Waals surface area (Å²) in [6, 6.07) is 5.42. The summed E-state index contributed by atoms with van der Waals surface area (Å²) < 4.78 is 0. The quantitative estimate of drug-likeness (QED) is 0.895. The Kier molecular flexibility index (Phi) is 5.14. The van der Waals surface area contributed by atoms with Crippen LogP contribution in [0.3, 0.4) is 0 Å².